The summed E-state index contributed by atoms with van der Waals surface area (Å²) in [5, 5.41) is 13.0. The van der Waals surface area contributed by atoms with E-state index in [2.05, 4.69) is 5.32 Å². The van der Waals surface area contributed by atoms with E-state index in [1.807, 2.05) is 6.07 Å². The number of ketones is 1. The molecule has 1 amide bonds. The van der Waals surface area contributed by atoms with Crippen LogP contribution in [-0.4, -0.2) is 42.0 Å². The number of rotatable bonds is 14. The van der Waals surface area contributed by atoms with Crippen molar-refractivity contribution in [3.8, 4) is 5.75 Å². The molecule has 0 spiro atoms. The van der Waals surface area contributed by atoms with Crippen LogP contribution in [0.2, 0.25) is 0 Å². The highest BCUT2D eigenvalue weighted by molar-refractivity contribution is 6.12. The van der Waals surface area contributed by atoms with Gasteiger partial charge in [0.05, 0.1) is 6.61 Å². The fraction of sp³-hybridized carbons (Fsp3) is 0.229. The van der Waals surface area contributed by atoms with Gasteiger partial charge < -0.3 is 20.1 Å². The third-order valence-electron chi connectivity index (χ3n) is 6.87. The lowest BCUT2D eigenvalue weighted by molar-refractivity contribution is -0.137. The predicted molar refractivity (Wildman–Crippen MR) is 165 cm³/mol. The highest BCUT2D eigenvalue weighted by Gasteiger charge is 2.22. The molecule has 2 N–H and O–H groups in total. The van der Waals surface area contributed by atoms with Crippen molar-refractivity contribution in [2.45, 2.75) is 32.7 Å². The maximum atomic E-state index is 13.8. The van der Waals surface area contributed by atoms with Gasteiger partial charge in [-0.3, -0.25) is 9.59 Å². The van der Waals surface area contributed by atoms with Crippen molar-refractivity contribution in [2.75, 3.05) is 23.4 Å². The first-order valence-corrected chi connectivity index (χ1v) is 14.2. The predicted octanol–water partition coefficient (Wildman–Crippen LogP) is 6.62. The zero-order valence-corrected chi connectivity index (χ0v) is 24.2. The number of hydrogen-bond acceptors (Lipinski definition) is 5. The molecule has 0 aliphatic heterocycles. The van der Waals surface area contributed by atoms with Gasteiger partial charge in [-0.05, 0) is 54.4 Å². The molecule has 0 aromatic heterocycles. The Morgan fingerprint density at radius 1 is 0.884 bits per heavy atom. The molecule has 222 valence electrons. The van der Waals surface area contributed by atoms with Gasteiger partial charge in [0.2, 0.25) is 5.91 Å². The van der Waals surface area contributed by atoms with Gasteiger partial charge in [0.15, 0.2) is 5.78 Å². The molecule has 0 bridgehead atoms. The van der Waals surface area contributed by atoms with Crippen LogP contribution < -0.4 is 15.0 Å². The van der Waals surface area contributed by atoms with E-state index in [1.54, 1.807) is 104 Å². The van der Waals surface area contributed by atoms with Crippen molar-refractivity contribution in [1.29, 1.82) is 0 Å². The second-order valence-corrected chi connectivity index (χ2v) is 10.5. The Balaban J connectivity index is 1.35. The summed E-state index contributed by atoms with van der Waals surface area (Å²) in [5.41, 5.74) is 2.66. The number of ether oxygens (including phenoxy) is 1. The standard InChI is InChI=1S/C35H35FN2O5/c1-24(2)34(40)38(28-13-8-12-27(36)23-28)20-9-21-43-29-18-16-25(17-19-29)22-32(35(41)42)37-31-15-7-6-14-30(31)33(39)26-10-4-3-5-11-26/h3-8,10-19,23-24,32,37H,9,20-22H2,1-2H3,(H,41,42)/t32-/m0/s1. The minimum atomic E-state index is -1.04. The second kappa shape index (κ2) is 14.8. The lowest BCUT2D eigenvalue weighted by Crippen LogP contribution is -2.35. The number of amides is 1. The Hall–Kier alpha value is -4.98. The summed E-state index contributed by atoms with van der Waals surface area (Å²) < 4.78 is 19.6. The van der Waals surface area contributed by atoms with Crippen molar-refractivity contribution in [1.82, 2.24) is 0 Å². The number of carbonyl (C=O) groups excluding carboxylic acids is 2. The number of carbonyl (C=O) groups is 3. The quantitative estimate of drug-likeness (QED) is 0.128. The average molecular weight is 583 g/mol. The number of carboxylic acid groups (broad SMARTS) is 1. The van der Waals surface area contributed by atoms with Crippen LogP contribution in [0.1, 0.15) is 41.8 Å². The first kappa shape index (κ1) is 31.0. The van der Waals surface area contributed by atoms with E-state index in [9.17, 15) is 23.9 Å². The van der Waals surface area contributed by atoms with Gasteiger partial charge in [-0.1, -0.05) is 74.5 Å². The van der Waals surface area contributed by atoms with Crippen molar-refractivity contribution in [2.24, 2.45) is 5.92 Å². The number of nitrogens with one attached hydrogen (secondary N) is 1. The van der Waals surface area contributed by atoms with E-state index >= 15 is 0 Å². The van der Waals surface area contributed by atoms with Crippen molar-refractivity contribution >= 4 is 29.0 Å². The van der Waals surface area contributed by atoms with Crippen LogP contribution in [0.3, 0.4) is 0 Å². The summed E-state index contributed by atoms with van der Waals surface area (Å²) in [6.45, 7) is 4.32. The SMILES string of the molecule is CC(C)C(=O)N(CCCOc1ccc(C[C@H](Nc2ccccc2C(=O)c2ccccc2)C(=O)O)cc1)c1cccc(F)c1. The maximum Gasteiger partial charge on any atom is 0.326 e. The molecule has 0 saturated carbocycles. The number of halogens is 1. The Morgan fingerprint density at radius 3 is 2.26 bits per heavy atom. The number of benzene rings is 4. The van der Waals surface area contributed by atoms with Gasteiger partial charge in [0.25, 0.3) is 0 Å². The number of carboxylic acids is 1. The molecule has 0 aliphatic carbocycles. The third kappa shape index (κ3) is 8.52. The molecule has 0 heterocycles. The second-order valence-electron chi connectivity index (χ2n) is 10.5. The van der Waals surface area contributed by atoms with Gasteiger partial charge >= 0.3 is 5.97 Å². The number of nitrogens with zero attached hydrogens (tertiary/aromatic N) is 1. The summed E-state index contributed by atoms with van der Waals surface area (Å²) >= 11 is 0. The largest absolute Gasteiger partial charge is 0.494 e. The molecule has 43 heavy (non-hydrogen) atoms. The molecule has 0 radical (unpaired) electrons. The molecule has 4 rings (SSSR count). The minimum absolute atomic E-state index is 0.0939. The van der Waals surface area contributed by atoms with Crippen LogP contribution in [0, 0.1) is 11.7 Å². The Bertz CT molecular complexity index is 1540. The third-order valence-corrected chi connectivity index (χ3v) is 6.87. The molecule has 4 aromatic carbocycles. The molecule has 0 saturated heterocycles. The monoisotopic (exact) mass is 582 g/mol. The van der Waals surface area contributed by atoms with Gasteiger partial charge in [0, 0.05) is 41.4 Å². The molecule has 7 nitrogen and oxygen atoms in total. The zero-order valence-electron chi connectivity index (χ0n) is 24.2. The maximum absolute atomic E-state index is 13.8. The van der Waals surface area contributed by atoms with Crippen LogP contribution in [0.5, 0.6) is 5.75 Å². The number of anilines is 2. The Morgan fingerprint density at radius 2 is 1.58 bits per heavy atom. The van der Waals surface area contributed by atoms with E-state index in [-0.39, 0.29) is 24.0 Å². The van der Waals surface area contributed by atoms with Crippen molar-refractivity contribution < 1.29 is 28.6 Å². The molecular formula is C35H35FN2O5. The molecule has 0 unspecified atom stereocenters. The van der Waals surface area contributed by atoms with E-state index in [4.69, 9.17) is 4.74 Å². The van der Waals surface area contributed by atoms with Gasteiger partial charge in [-0.25, -0.2) is 9.18 Å². The average Bonchev–Trinajstić information content (AvgIpc) is 3.01. The molecule has 0 fully saturated rings. The molecule has 0 aliphatic rings. The van der Waals surface area contributed by atoms with Crippen LogP contribution in [-0.2, 0) is 16.0 Å². The fourth-order valence-corrected chi connectivity index (χ4v) is 4.63. The smallest absolute Gasteiger partial charge is 0.326 e. The number of hydrogen-bond donors (Lipinski definition) is 2. The fourth-order valence-electron chi connectivity index (χ4n) is 4.63. The van der Waals surface area contributed by atoms with Crippen LogP contribution in [0.15, 0.2) is 103 Å². The lowest BCUT2D eigenvalue weighted by atomic mass is 10.00. The normalized spacial score (nSPS) is 11.5. The summed E-state index contributed by atoms with van der Waals surface area (Å²) in [4.78, 5) is 39.5. The van der Waals surface area contributed by atoms with Gasteiger partial charge in [-0.15, -0.1) is 0 Å². The topological polar surface area (TPSA) is 95.9 Å². The van der Waals surface area contributed by atoms with Crippen LogP contribution in [0.4, 0.5) is 15.8 Å². The molecular weight excluding hydrogens is 547 g/mol. The van der Waals surface area contributed by atoms with Crippen LogP contribution >= 0.6 is 0 Å². The molecule has 8 heteroatoms. The van der Waals surface area contributed by atoms with Gasteiger partial charge in [0.1, 0.15) is 17.6 Å². The van der Waals surface area contributed by atoms with Crippen molar-refractivity contribution in [3.05, 3.63) is 126 Å². The minimum Gasteiger partial charge on any atom is -0.494 e. The van der Waals surface area contributed by atoms with Gasteiger partial charge in [-0.2, -0.15) is 0 Å². The molecule has 1 atom stereocenters. The van der Waals surface area contributed by atoms with E-state index in [0.29, 0.717) is 47.8 Å². The van der Waals surface area contributed by atoms with E-state index < -0.39 is 17.8 Å². The summed E-state index contributed by atoms with van der Waals surface area (Å²) in [7, 11) is 0. The highest BCUT2D eigenvalue weighted by Crippen LogP contribution is 2.23. The summed E-state index contributed by atoms with van der Waals surface area (Å²) in [6, 6.07) is 27.9. The van der Waals surface area contributed by atoms with Crippen LogP contribution in [0.25, 0.3) is 0 Å². The zero-order chi connectivity index (χ0) is 30.8. The van der Waals surface area contributed by atoms with E-state index in [0.717, 1.165) is 5.56 Å². The highest BCUT2D eigenvalue weighted by atomic mass is 19.1. The number of aliphatic carboxylic acids is 1. The Labute approximate surface area is 250 Å². The first-order valence-electron chi connectivity index (χ1n) is 14.2. The Kier molecular flexibility index (Phi) is 10.6. The lowest BCUT2D eigenvalue weighted by Gasteiger charge is -2.25. The molecule has 4 aromatic rings. The van der Waals surface area contributed by atoms with Crippen molar-refractivity contribution in [3.63, 3.8) is 0 Å². The first-order chi connectivity index (χ1) is 20.7. The number of para-hydroxylation sites is 1. The summed E-state index contributed by atoms with van der Waals surface area (Å²) in [5.74, 6) is -1.36. The van der Waals surface area contributed by atoms with E-state index in [1.165, 1.54) is 12.1 Å². The summed E-state index contributed by atoms with van der Waals surface area (Å²) in [6.07, 6.45) is 0.715.